The van der Waals surface area contributed by atoms with Crippen molar-refractivity contribution in [2.75, 3.05) is 17.2 Å². The second-order valence-electron chi connectivity index (χ2n) is 4.89. The van der Waals surface area contributed by atoms with E-state index in [9.17, 15) is 4.79 Å². The molecule has 20 heavy (non-hydrogen) atoms. The van der Waals surface area contributed by atoms with Crippen molar-refractivity contribution in [3.63, 3.8) is 0 Å². The molecule has 1 amide bonds. The molecule has 1 aliphatic rings. The highest BCUT2D eigenvalue weighted by Gasteiger charge is 2.23. The zero-order valence-electron chi connectivity index (χ0n) is 11.4. The highest BCUT2D eigenvalue weighted by Crippen LogP contribution is 2.28. The van der Waals surface area contributed by atoms with Gasteiger partial charge in [0.1, 0.15) is 0 Å². The van der Waals surface area contributed by atoms with E-state index >= 15 is 0 Å². The van der Waals surface area contributed by atoms with Gasteiger partial charge < -0.3 is 4.90 Å². The van der Waals surface area contributed by atoms with Gasteiger partial charge in [0.15, 0.2) is 0 Å². The van der Waals surface area contributed by atoms with E-state index in [0.29, 0.717) is 5.75 Å². The molecule has 1 aromatic heterocycles. The summed E-state index contributed by atoms with van der Waals surface area (Å²) >= 11 is 1.50. The van der Waals surface area contributed by atoms with Crippen LogP contribution in [0.2, 0.25) is 0 Å². The molecule has 3 nitrogen and oxygen atoms in total. The maximum absolute atomic E-state index is 12.3. The molecule has 0 atom stereocenters. The van der Waals surface area contributed by atoms with Gasteiger partial charge in [0.2, 0.25) is 5.91 Å². The number of pyridine rings is 1. The molecule has 2 heterocycles. The number of nitrogens with zero attached hydrogens (tertiary/aromatic N) is 2. The zero-order chi connectivity index (χ0) is 13.9. The van der Waals surface area contributed by atoms with Gasteiger partial charge in [-0.1, -0.05) is 36.0 Å². The lowest BCUT2D eigenvalue weighted by molar-refractivity contribution is -0.116. The van der Waals surface area contributed by atoms with Crippen molar-refractivity contribution in [1.29, 1.82) is 0 Å². The molecule has 102 valence electrons. The number of amides is 1. The van der Waals surface area contributed by atoms with Crippen LogP contribution in [0.1, 0.15) is 11.1 Å². The molecular formula is C16H16N2OS. The first-order chi connectivity index (χ1) is 9.74. The Balaban J connectivity index is 1.65. The Bertz CT molecular complexity index is 625. The average molecular weight is 284 g/mol. The third kappa shape index (κ3) is 2.70. The van der Waals surface area contributed by atoms with Crippen LogP contribution >= 0.6 is 11.8 Å². The molecule has 0 saturated carbocycles. The van der Waals surface area contributed by atoms with Crippen LogP contribution in [0.3, 0.4) is 0 Å². The molecule has 2 aromatic rings. The van der Waals surface area contributed by atoms with Gasteiger partial charge in [-0.25, -0.2) is 4.98 Å². The van der Waals surface area contributed by atoms with E-state index in [1.54, 1.807) is 0 Å². The highest BCUT2D eigenvalue weighted by atomic mass is 32.2. The summed E-state index contributed by atoms with van der Waals surface area (Å²) in [6.07, 6.45) is 2.79. The number of benzene rings is 1. The molecule has 0 saturated heterocycles. The maximum Gasteiger partial charge on any atom is 0.237 e. The second kappa shape index (κ2) is 5.67. The quantitative estimate of drug-likeness (QED) is 0.812. The van der Waals surface area contributed by atoms with Crippen LogP contribution in [-0.2, 0) is 11.2 Å². The van der Waals surface area contributed by atoms with Crippen molar-refractivity contribution < 1.29 is 4.79 Å². The Labute approximate surface area is 123 Å². The van der Waals surface area contributed by atoms with Crippen LogP contribution in [0, 0.1) is 6.92 Å². The lowest BCUT2D eigenvalue weighted by atomic mass is 10.2. The molecule has 3 rings (SSSR count). The van der Waals surface area contributed by atoms with Gasteiger partial charge in [-0.15, -0.1) is 0 Å². The number of fused-ring (bicyclic) bond motifs is 1. The van der Waals surface area contributed by atoms with Gasteiger partial charge >= 0.3 is 0 Å². The van der Waals surface area contributed by atoms with Crippen LogP contribution in [0.25, 0.3) is 0 Å². The molecule has 0 unspecified atom stereocenters. The van der Waals surface area contributed by atoms with E-state index in [1.807, 2.05) is 48.4 Å². The fraction of sp³-hybridized carbons (Fsp3) is 0.250. The van der Waals surface area contributed by atoms with Crippen molar-refractivity contribution >= 4 is 23.4 Å². The lowest BCUT2D eigenvalue weighted by Crippen LogP contribution is -2.30. The number of aromatic nitrogens is 1. The topological polar surface area (TPSA) is 33.2 Å². The fourth-order valence-electron chi connectivity index (χ4n) is 2.35. The number of aryl methyl sites for hydroxylation is 1. The molecule has 0 fully saturated rings. The molecule has 0 spiro atoms. The van der Waals surface area contributed by atoms with Crippen LogP contribution in [-0.4, -0.2) is 23.2 Å². The van der Waals surface area contributed by atoms with Gasteiger partial charge in [0.05, 0.1) is 10.8 Å². The zero-order valence-corrected chi connectivity index (χ0v) is 12.2. The van der Waals surface area contributed by atoms with Crippen molar-refractivity contribution in [3.05, 3.63) is 53.7 Å². The Kier molecular flexibility index (Phi) is 3.74. The number of carbonyl (C=O) groups excluding carboxylic acids is 1. The molecular weight excluding hydrogens is 268 g/mol. The molecule has 1 aliphatic heterocycles. The number of rotatable bonds is 3. The van der Waals surface area contributed by atoms with E-state index in [1.165, 1.54) is 17.3 Å². The van der Waals surface area contributed by atoms with Crippen molar-refractivity contribution in [3.8, 4) is 0 Å². The predicted octanol–water partition coefficient (Wildman–Crippen LogP) is 3.07. The minimum absolute atomic E-state index is 0.155. The largest absolute Gasteiger partial charge is 0.311 e. The third-order valence-electron chi connectivity index (χ3n) is 3.42. The van der Waals surface area contributed by atoms with Crippen LogP contribution in [0.4, 0.5) is 5.69 Å². The summed E-state index contributed by atoms with van der Waals surface area (Å²) < 4.78 is 0. The highest BCUT2D eigenvalue weighted by molar-refractivity contribution is 7.99. The van der Waals surface area contributed by atoms with E-state index in [0.717, 1.165) is 29.2 Å². The first-order valence-electron chi connectivity index (χ1n) is 6.68. The summed E-state index contributed by atoms with van der Waals surface area (Å²) in [5, 5.41) is 0.899. The fourth-order valence-corrected chi connectivity index (χ4v) is 3.07. The molecule has 0 radical (unpaired) electrons. The number of carbonyl (C=O) groups is 1. The summed E-state index contributed by atoms with van der Waals surface area (Å²) in [6, 6.07) is 12.1. The summed E-state index contributed by atoms with van der Waals surface area (Å²) in [5.41, 5.74) is 3.46. The molecule has 4 heteroatoms. The maximum atomic E-state index is 12.3. The van der Waals surface area contributed by atoms with Crippen molar-refractivity contribution in [2.45, 2.75) is 18.4 Å². The van der Waals surface area contributed by atoms with Crippen molar-refractivity contribution in [1.82, 2.24) is 4.98 Å². The third-order valence-corrected chi connectivity index (χ3v) is 4.34. The first kappa shape index (κ1) is 13.2. The summed E-state index contributed by atoms with van der Waals surface area (Å²) in [5.74, 6) is 0.590. The normalized spacial score (nSPS) is 13.3. The summed E-state index contributed by atoms with van der Waals surface area (Å²) in [4.78, 5) is 18.5. The second-order valence-corrected chi connectivity index (χ2v) is 5.88. The SMILES string of the molecule is Cc1ccc(SCC(=O)N2CCc3ccccc32)nc1. The lowest BCUT2D eigenvalue weighted by Gasteiger charge is -2.16. The van der Waals surface area contributed by atoms with Crippen LogP contribution in [0.5, 0.6) is 0 Å². The van der Waals surface area contributed by atoms with Gasteiger partial charge in [-0.2, -0.15) is 0 Å². The smallest absolute Gasteiger partial charge is 0.237 e. The summed E-state index contributed by atoms with van der Waals surface area (Å²) in [6.45, 7) is 2.80. The van der Waals surface area contributed by atoms with E-state index in [-0.39, 0.29) is 5.91 Å². The Morgan fingerprint density at radius 1 is 1.30 bits per heavy atom. The van der Waals surface area contributed by atoms with Gasteiger partial charge in [0.25, 0.3) is 0 Å². The van der Waals surface area contributed by atoms with Gasteiger partial charge in [-0.3, -0.25) is 4.79 Å². The van der Waals surface area contributed by atoms with E-state index in [2.05, 4.69) is 11.1 Å². The monoisotopic (exact) mass is 284 g/mol. The van der Waals surface area contributed by atoms with E-state index in [4.69, 9.17) is 0 Å². The van der Waals surface area contributed by atoms with Gasteiger partial charge in [-0.05, 0) is 36.6 Å². The van der Waals surface area contributed by atoms with Gasteiger partial charge in [0, 0.05) is 18.4 Å². The number of hydrogen-bond donors (Lipinski definition) is 0. The Morgan fingerprint density at radius 2 is 2.15 bits per heavy atom. The summed E-state index contributed by atoms with van der Waals surface area (Å²) in [7, 11) is 0. The van der Waals surface area contributed by atoms with Crippen LogP contribution in [0.15, 0.2) is 47.6 Å². The molecule has 0 bridgehead atoms. The minimum Gasteiger partial charge on any atom is -0.311 e. The molecule has 0 aliphatic carbocycles. The minimum atomic E-state index is 0.155. The number of anilines is 1. The van der Waals surface area contributed by atoms with E-state index < -0.39 is 0 Å². The first-order valence-corrected chi connectivity index (χ1v) is 7.66. The Morgan fingerprint density at radius 3 is 2.95 bits per heavy atom. The number of para-hydroxylation sites is 1. The number of thioether (sulfide) groups is 1. The Hall–Kier alpha value is -1.81. The average Bonchev–Trinajstić information content (AvgIpc) is 2.90. The predicted molar refractivity (Wildman–Crippen MR) is 82.2 cm³/mol. The standard InChI is InChI=1S/C16H16N2OS/c1-12-6-7-15(17-10-12)20-11-16(19)18-9-8-13-4-2-3-5-14(13)18/h2-7,10H,8-9,11H2,1H3. The molecule has 0 N–H and O–H groups in total. The van der Waals surface area contributed by atoms with Crippen molar-refractivity contribution in [2.24, 2.45) is 0 Å². The number of hydrogen-bond acceptors (Lipinski definition) is 3. The molecule has 1 aromatic carbocycles. The van der Waals surface area contributed by atoms with Crippen LogP contribution < -0.4 is 4.90 Å².